The molecule has 0 fully saturated rings. The van der Waals surface area contributed by atoms with Gasteiger partial charge in [-0.1, -0.05) is 33.4 Å². The summed E-state index contributed by atoms with van der Waals surface area (Å²) in [5.74, 6) is 0. The second kappa shape index (κ2) is 10.0. The Hall–Kier alpha value is -0.447. The molecule has 4 aromatic rings. The van der Waals surface area contributed by atoms with Crippen LogP contribution in [0.4, 0.5) is 0 Å². The summed E-state index contributed by atoms with van der Waals surface area (Å²) < 4.78 is 0. The zero-order valence-electron chi connectivity index (χ0n) is 14.0. The van der Waals surface area contributed by atoms with E-state index in [1.54, 1.807) is 0 Å². The standard InChI is InChI=1S/C21H19P.2ClH.Zr/c1-2-11-22(20-12-16-7-3-4-8-17(16)13-20)21-14-18-9-5-6-10-19(18)15-21;;;/h3-10,12-15H,2,11H2,1H3;2*1H;/q-2;;;+4/p-2. The van der Waals surface area contributed by atoms with Crippen molar-refractivity contribution in [2.45, 2.75) is 13.3 Å². The predicted molar refractivity (Wildman–Crippen MR) is 100 cm³/mol. The van der Waals surface area contributed by atoms with Crippen LogP contribution in [0.15, 0.2) is 72.8 Å². The Balaban J connectivity index is 0.00000104. The van der Waals surface area contributed by atoms with Crippen molar-refractivity contribution < 1.29 is 51.0 Å². The SMILES string of the molecule is CCCP(c1cc2ccccc2[cH-]1)c1cc2ccccc2[cH-]1.[Cl-].[Cl-].[Zr+4]. The second-order valence-corrected chi connectivity index (χ2v) is 8.17. The van der Waals surface area contributed by atoms with Crippen molar-refractivity contribution in [3.8, 4) is 0 Å². The van der Waals surface area contributed by atoms with Gasteiger partial charge in [0.05, 0.1) is 0 Å². The first-order valence-corrected chi connectivity index (χ1v) is 9.46. The molecule has 0 spiro atoms. The van der Waals surface area contributed by atoms with Crippen LogP contribution < -0.4 is 35.4 Å². The van der Waals surface area contributed by atoms with Crippen molar-refractivity contribution >= 4 is 40.1 Å². The molecule has 4 heteroatoms. The fraction of sp³-hybridized carbons (Fsp3) is 0.143. The van der Waals surface area contributed by atoms with Crippen LogP contribution in [0.1, 0.15) is 13.3 Å². The molecule has 0 heterocycles. The third kappa shape index (κ3) is 4.64. The zero-order chi connectivity index (χ0) is 14.9. The fourth-order valence-electron chi connectivity index (χ4n) is 3.21. The van der Waals surface area contributed by atoms with Crippen molar-refractivity contribution in [3.05, 3.63) is 72.8 Å². The molecule has 4 aromatic carbocycles. The molecule has 0 saturated heterocycles. The summed E-state index contributed by atoms with van der Waals surface area (Å²) in [6.07, 6.45) is 2.50. The second-order valence-electron chi connectivity index (χ2n) is 5.84. The summed E-state index contributed by atoms with van der Waals surface area (Å²) in [6, 6.07) is 27.0. The van der Waals surface area contributed by atoms with Crippen LogP contribution in [-0.2, 0) is 26.2 Å². The van der Waals surface area contributed by atoms with Crippen LogP contribution in [0.25, 0.3) is 21.5 Å². The van der Waals surface area contributed by atoms with Gasteiger partial charge in [0.1, 0.15) is 0 Å². The average Bonchev–Trinajstić information content (AvgIpc) is 3.15. The zero-order valence-corrected chi connectivity index (χ0v) is 18.9. The molecule has 0 atom stereocenters. The van der Waals surface area contributed by atoms with Gasteiger partial charge in [0, 0.05) is 0 Å². The van der Waals surface area contributed by atoms with E-state index in [0.29, 0.717) is 0 Å². The van der Waals surface area contributed by atoms with Crippen molar-refractivity contribution in [3.63, 3.8) is 0 Å². The largest absolute Gasteiger partial charge is 4.00 e. The molecule has 0 radical (unpaired) electrons. The van der Waals surface area contributed by atoms with Gasteiger partial charge in [-0.05, 0) is 6.16 Å². The maximum atomic E-state index is 2.40. The molecule has 126 valence electrons. The van der Waals surface area contributed by atoms with Crippen LogP contribution in [0.2, 0.25) is 0 Å². The van der Waals surface area contributed by atoms with Crippen LogP contribution in [0.5, 0.6) is 0 Å². The van der Waals surface area contributed by atoms with Crippen LogP contribution in [0, 0.1) is 0 Å². The number of rotatable bonds is 4. The normalized spacial score (nSPS) is 10.3. The number of hydrogen-bond donors (Lipinski definition) is 0. The van der Waals surface area contributed by atoms with Gasteiger partial charge < -0.3 is 24.8 Å². The van der Waals surface area contributed by atoms with Crippen LogP contribution in [0.3, 0.4) is 0 Å². The van der Waals surface area contributed by atoms with Crippen molar-refractivity contribution in [1.82, 2.24) is 0 Å². The fourth-order valence-corrected chi connectivity index (χ4v) is 5.65. The number of hydrogen-bond acceptors (Lipinski definition) is 0. The van der Waals surface area contributed by atoms with E-state index in [1.165, 1.54) is 44.7 Å². The summed E-state index contributed by atoms with van der Waals surface area (Å²) in [7, 11) is -0.245. The molecule has 0 aliphatic heterocycles. The summed E-state index contributed by atoms with van der Waals surface area (Å²) in [5.41, 5.74) is 0. The Morgan fingerprint density at radius 1 is 0.760 bits per heavy atom. The molecule has 4 rings (SSSR count). The van der Waals surface area contributed by atoms with E-state index in [1.807, 2.05) is 0 Å². The van der Waals surface area contributed by atoms with E-state index in [9.17, 15) is 0 Å². The minimum Gasteiger partial charge on any atom is -1.00 e. The third-order valence-corrected chi connectivity index (χ3v) is 6.93. The minimum atomic E-state index is -0.245. The van der Waals surface area contributed by atoms with E-state index in [4.69, 9.17) is 0 Å². The summed E-state index contributed by atoms with van der Waals surface area (Å²) in [4.78, 5) is 0. The molecular formula is C21H19Cl2PZr. The molecule has 0 aliphatic carbocycles. The van der Waals surface area contributed by atoms with Gasteiger partial charge in [0.25, 0.3) is 0 Å². The Morgan fingerprint density at radius 2 is 1.20 bits per heavy atom. The Labute approximate surface area is 182 Å². The first-order chi connectivity index (χ1) is 10.8. The van der Waals surface area contributed by atoms with E-state index < -0.39 is 0 Å². The van der Waals surface area contributed by atoms with Gasteiger partial charge in [0.15, 0.2) is 0 Å². The topological polar surface area (TPSA) is 0 Å². The molecule has 0 nitrogen and oxygen atoms in total. The van der Waals surface area contributed by atoms with Gasteiger partial charge in [-0.2, -0.15) is 12.1 Å². The molecule has 0 amide bonds. The minimum absolute atomic E-state index is 0. The molecule has 25 heavy (non-hydrogen) atoms. The molecule has 0 aliphatic rings. The molecular weight excluding hydrogens is 445 g/mol. The smallest absolute Gasteiger partial charge is 1.00 e. The number of fused-ring (bicyclic) bond motifs is 2. The van der Waals surface area contributed by atoms with Crippen molar-refractivity contribution in [2.75, 3.05) is 6.16 Å². The van der Waals surface area contributed by atoms with Crippen LogP contribution >= 0.6 is 7.92 Å². The number of benzene rings is 2. The van der Waals surface area contributed by atoms with Gasteiger partial charge >= 0.3 is 26.2 Å². The van der Waals surface area contributed by atoms with E-state index >= 15 is 0 Å². The Morgan fingerprint density at radius 3 is 1.60 bits per heavy atom. The molecule has 0 saturated carbocycles. The van der Waals surface area contributed by atoms with Gasteiger partial charge in [-0.15, -0.1) is 80.7 Å². The van der Waals surface area contributed by atoms with E-state index in [0.717, 1.165) is 0 Å². The van der Waals surface area contributed by atoms with E-state index in [2.05, 4.69) is 79.7 Å². The molecule has 0 unspecified atom stereocenters. The maximum absolute atomic E-state index is 2.40. The monoisotopic (exact) mass is 462 g/mol. The van der Waals surface area contributed by atoms with Gasteiger partial charge in [-0.25, -0.2) is 0 Å². The Bertz CT molecular complexity index is 786. The summed E-state index contributed by atoms with van der Waals surface area (Å²) in [5, 5.41) is 8.53. The maximum Gasteiger partial charge on any atom is 4.00 e. The molecule has 0 N–H and O–H groups in total. The quantitative estimate of drug-likeness (QED) is 0.276. The molecule has 0 aromatic heterocycles. The number of halogens is 2. The van der Waals surface area contributed by atoms with Gasteiger partial charge in [-0.3, -0.25) is 0 Å². The summed E-state index contributed by atoms with van der Waals surface area (Å²) >= 11 is 0. The van der Waals surface area contributed by atoms with Crippen LogP contribution in [-0.4, -0.2) is 6.16 Å². The Kier molecular flexibility index (Phi) is 9.07. The first kappa shape index (κ1) is 22.6. The third-order valence-electron chi connectivity index (χ3n) is 4.28. The van der Waals surface area contributed by atoms with Gasteiger partial charge in [0.2, 0.25) is 0 Å². The van der Waals surface area contributed by atoms with Crippen molar-refractivity contribution in [1.29, 1.82) is 0 Å². The van der Waals surface area contributed by atoms with Crippen molar-refractivity contribution in [2.24, 2.45) is 0 Å². The average molecular weight is 464 g/mol. The predicted octanol–water partition coefficient (Wildman–Crippen LogP) is -0.721. The summed E-state index contributed by atoms with van der Waals surface area (Å²) in [6.45, 7) is 2.29. The molecule has 0 bridgehead atoms. The first-order valence-electron chi connectivity index (χ1n) is 7.93. The van der Waals surface area contributed by atoms with E-state index in [-0.39, 0.29) is 58.9 Å².